The van der Waals surface area contributed by atoms with Crippen LogP contribution < -0.4 is 5.82 Å². The summed E-state index contributed by atoms with van der Waals surface area (Å²) < 4.78 is 10.2. The molecular weight excluding hydrogens is 204 g/mol. The van der Waals surface area contributed by atoms with Gasteiger partial charge in [0.15, 0.2) is 11.2 Å². The van der Waals surface area contributed by atoms with Crippen LogP contribution in [0.2, 0.25) is 0 Å². The Hall–Kier alpha value is -1.51. The molecule has 3 heteroatoms. The van der Waals surface area contributed by atoms with Gasteiger partial charge in [-0.3, -0.25) is 0 Å². The lowest BCUT2D eigenvalue weighted by molar-refractivity contribution is 0.408. The van der Waals surface area contributed by atoms with Gasteiger partial charge < -0.3 is 8.83 Å². The normalized spacial score (nSPS) is 11.2. The Kier molecular flexibility index (Phi) is 2.62. The Morgan fingerprint density at radius 3 is 2.00 bits per heavy atom. The third-order valence-corrected chi connectivity index (χ3v) is 3.28. The number of rotatable bonds is 2. The molecule has 0 unspecified atom stereocenters. The van der Waals surface area contributed by atoms with Crippen LogP contribution in [0.25, 0.3) is 11.2 Å². The van der Waals surface area contributed by atoms with E-state index in [-0.39, 0.29) is 0 Å². The summed E-state index contributed by atoms with van der Waals surface area (Å²) >= 11 is 0. The Morgan fingerprint density at radius 2 is 1.44 bits per heavy atom. The molecule has 0 amide bonds. The molecule has 0 fully saturated rings. The number of hydrogen-bond acceptors (Lipinski definition) is 3. The second kappa shape index (κ2) is 3.81. The Balaban J connectivity index is 2.99. The summed E-state index contributed by atoms with van der Waals surface area (Å²) in [4.78, 5) is 11.2. The molecule has 0 spiro atoms. The second-order valence-electron chi connectivity index (χ2n) is 4.03. The van der Waals surface area contributed by atoms with Crippen molar-refractivity contribution in [3.63, 3.8) is 0 Å². The van der Waals surface area contributed by atoms with Crippen LogP contribution in [0, 0.1) is 13.8 Å². The first-order chi connectivity index (χ1) is 7.60. The van der Waals surface area contributed by atoms with Gasteiger partial charge in [-0.05, 0) is 43.4 Å². The Labute approximate surface area is 94.1 Å². The zero-order valence-corrected chi connectivity index (χ0v) is 10.1. The van der Waals surface area contributed by atoms with E-state index in [4.69, 9.17) is 8.83 Å². The maximum atomic E-state index is 11.2. The van der Waals surface area contributed by atoms with E-state index in [9.17, 15) is 4.79 Å². The summed E-state index contributed by atoms with van der Waals surface area (Å²) in [5.41, 5.74) is 5.83. The zero-order valence-electron chi connectivity index (χ0n) is 10.1. The van der Waals surface area contributed by atoms with Gasteiger partial charge in [-0.25, -0.2) is 4.79 Å². The predicted molar refractivity (Wildman–Crippen MR) is 63.0 cm³/mol. The third kappa shape index (κ3) is 1.39. The quantitative estimate of drug-likeness (QED) is 0.780. The molecule has 86 valence electrons. The van der Waals surface area contributed by atoms with Crippen LogP contribution in [0.3, 0.4) is 0 Å². The predicted octanol–water partition coefficient (Wildman–Crippen LogP) is 3.13. The van der Waals surface area contributed by atoms with Crippen molar-refractivity contribution in [3.8, 4) is 0 Å². The lowest BCUT2D eigenvalue weighted by Gasteiger charge is -2.11. The summed E-state index contributed by atoms with van der Waals surface area (Å²) in [5, 5.41) is 0. The van der Waals surface area contributed by atoms with Crippen molar-refractivity contribution in [2.24, 2.45) is 0 Å². The molecule has 1 aromatic heterocycles. The first-order valence-corrected chi connectivity index (χ1v) is 5.64. The van der Waals surface area contributed by atoms with Crippen molar-refractivity contribution in [2.75, 3.05) is 0 Å². The van der Waals surface area contributed by atoms with Gasteiger partial charge in [0.1, 0.15) is 0 Å². The van der Waals surface area contributed by atoms with Gasteiger partial charge in [-0.2, -0.15) is 0 Å². The van der Waals surface area contributed by atoms with Crippen molar-refractivity contribution in [1.82, 2.24) is 0 Å². The number of benzene rings is 1. The van der Waals surface area contributed by atoms with E-state index in [0.717, 1.165) is 24.0 Å². The van der Waals surface area contributed by atoms with E-state index in [2.05, 4.69) is 20.8 Å². The van der Waals surface area contributed by atoms with Crippen LogP contribution in [-0.2, 0) is 12.8 Å². The standard InChI is InChI=1S/C13H16O3/c1-5-9-7(3)8(4)11-12(10(9)6-2)16-13(14)15-11/h5-6H2,1-4H3. The molecule has 2 aromatic rings. The largest absolute Gasteiger partial charge is 0.519 e. The molecule has 0 saturated heterocycles. The molecule has 0 saturated carbocycles. The molecule has 1 aromatic carbocycles. The van der Waals surface area contributed by atoms with Crippen LogP contribution in [-0.4, -0.2) is 0 Å². The van der Waals surface area contributed by atoms with Gasteiger partial charge in [-0.1, -0.05) is 13.8 Å². The Bertz CT molecular complexity index is 587. The second-order valence-corrected chi connectivity index (χ2v) is 4.03. The molecular formula is C13H16O3. The van der Waals surface area contributed by atoms with Crippen LogP contribution in [0.15, 0.2) is 13.6 Å². The van der Waals surface area contributed by atoms with E-state index in [1.165, 1.54) is 11.1 Å². The molecule has 0 atom stereocenters. The minimum absolute atomic E-state index is 0.608. The van der Waals surface area contributed by atoms with Crippen molar-refractivity contribution < 1.29 is 8.83 Å². The fraction of sp³-hybridized carbons (Fsp3) is 0.462. The van der Waals surface area contributed by atoms with E-state index >= 15 is 0 Å². The molecule has 16 heavy (non-hydrogen) atoms. The monoisotopic (exact) mass is 220 g/mol. The average molecular weight is 220 g/mol. The lowest BCUT2D eigenvalue weighted by atomic mass is 9.93. The van der Waals surface area contributed by atoms with Crippen LogP contribution in [0.4, 0.5) is 0 Å². The topological polar surface area (TPSA) is 43.4 Å². The highest BCUT2D eigenvalue weighted by molar-refractivity contribution is 5.80. The molecule has 2 rings (SSSR count). The highest BCUT2D eigenvalue weighted by atomic mass is 16.6. The maximum Gasteiger partial charge on any atom is 0.519 e. The summed E-state index contributed by atoms with van der Waals surface area (Å²) in [6, 6.07) is 0. The molecule has 3 nitrogen and oxygen atoms in total. The van der Waals surface area contributed by atoms with E-state index in [1.807, 2.05) is 6.92 Å². The van der Waals surface area contributed by atoms with Crippen molar-refractivity contribution >= 4 is 11.2 Å². The van der Waals surface area contributed by atoms with Crippen molar-refractivity contribution in [1.29, 1.82) is 0 Å². The van der Waals surface area contributed by atoms with Crippen LogP contribution >= 0.6 is 0 Å². The third-order valence-electron chi connectivity index (χ3n) is 3.28. The maximum absolute atomic E-state index is 11.2. The molecule has 0 radical (unpaired) electrons. The van der Waals surface area contributed by atoms with Gasteiger partial charge in [0.05, 0.1) is 0 Å². The highest BCUT2D eigenvalue weighted by Crippen LogP contribution is 2.30. The van der Waals surface area contributed by atoms with Crippen LogP contribution in [0.1, 0.15) is 36.1 Å². The molecule has 1 heterocycles. The summed E-state index contributed by atoms with van der Waals surface area (Å²) in [6.07, 6.45) is 1.80. The SMILES string of the molecule is CCc1c(C)c(C)c2oc(=O)oc2c1CC. The van der Waals surface area contributed by atoms with Crippen molar-refractivity contribution in [3.05, 3.63) is 32.9 Å². The van der Waals surface area contributed by atoms with Gasteiger partial charge in [0, 0.05) is 5.56 Å². The van der Waals surface area contributed by atoms with Crippen LogP contribution in [0.5, 0.6) is 0 Å². The first kappa shape index (κ1) is 11.0. The lowest BCUT2D eigenvalue weighted by Crippen LogP contribution is -1.98. The fourth-order valence-electron chi connectivity index (χ4n) is 2.34. The first-order valence-electron chi connectivity index (χ1n) is 5.64. The van der Waals surface area contributed by atoms with Crippen molar-refractivity contribution in [2.45, 2.75) is 40.5 Å². The Morgan fingerprint density at radius 1 is 0.875 bits per heavy atom. The molecule has 0 bridgehead atoms. The number of aryl methyl sites for hydroxylation is 2. The van der Waals surface area contributed by atoms with Gasteiger partial charge in [-0.15, -0.1) is 0 Å². The smallest absolute Gasteiger partial charge is 0.390 e. The molecule has 0 aliphatic carbocycles. The van der Waals surface area contributed by atoms with Gasteiger partial charge in [0.2, 0.25) is 0 Å². The van der Waals surface area contributed by atoms with E-state index < -0.39 is 5.82 Å². The number of hydrogen-bond donors (Lipinski definition) is 0. The highest BCUT2D eigenvalue weighted by Gasteiger charge is 2.17. The minimum atomic E-state index is -0.611. The minimum Gasteiger partial charge on any atom is -0.390 e. The van der Waals surface area contributed by atoms with E-state index in [1.54, 1.807) is 0 Å². The van der Waals surface area contributed by atoms with Gasteiger partial charge >= 0.3 is 5.82 Å². The molecule has 0 N–H and O–H groups in total. The summed E-state index contributed by atoms with van der Waals surface area (Å²) in [6.45, 7) is 8.22. The fourth-order valence-corrected chi connectivity index (χ4v) is 2.34. The molecule has 0 aliphatic rings. The summed E-state index contributed by atoms with van der Waals surface area (Å²) in [5.74, 6) is -0.611. The van der Waals surface area contributed by atoms with E-state index in [0.29, 0.717) is 11.2 Å². The summed E-state index contributed by atoms with van der Waals surface area (Å²) in [7, 11) is 0. The average Bonchev–Trinajstić information content (AvgIpc) is 2.65. The zero-order chi connectivity index (χ0) is 11.9. The number of fused-ring (bicyclic) bond motifs is 1. The molecule has 0 aliphatic heterocycles. The van der Waals surface area contributed by atoms with Gasteiger partial charge in [0.25, 0.3) is 0 Å².